The van der Waals surface area contributed by atoms with Crippen molar-refractivity contribution in [3.05, 3.63) is 94.9 Å². The van der Waals surface area contributed by atoms with E-state index < -0.39 is 17.3 Å². The van der Waals surface area contributed by atoms with Gasteiger partial charge < -0.3 is 14.5 Å². The highest BCUT2D eigenvalue weighted by atomic mass is 19.1. The van der Waals surface area contributed by atoms with Crippen molar-refractivity contribution in [2.24, 2.45) is 0 Å². The van der Waals surface area contributed by atoms with E-state index in [1.54, 1.807) is 17.0 Å². The Hall–Kier alpha value is -4.53. The van der Waals surface area contributed by atoms with Crippen molar-refractivity contribution in [3.63, 3.8) is 0 Å². The zero-order valence-corrected chi connectivity index (χ0v) is 23.1. The number of carbonyl (C=O) groups is 1. The summed E-state index contributed by atoms with van der Waals surface area (Å²) < 4.78 is 37.9. The van der Waals surface area contributed by atoms with Crippen molar-refractivity contribution in [1.82, 2.24) is 14.5 Å². The summed E-state index contributed by atoms with van der Waals surface area (Å²) in [5.41, 5.74) is 1.51. The molecule has 1 saturated heterocycles. The van der Waals surface area contributed by atoms with Gasteiger partial charge in [-0.05, 0) is 60.4 Å². The number of rotatable bonds is 4. The molecule has 0 radical (unpaired) electrons. The summed E-state index contributed by atoms with van der Waals surface area (Å²) in [5, 5.41) is 0.571. The molecule has 0 bridgehead atoms. The Morgan fingerprint density at radius 3 is 2.54 bits per heavy atom. The van der Waals surface area contributed by atoms with Crippen LogP contribution < -0.4 is 15.3 Å². The quantitative estimate of drug-likeness (QED) is 0.313. The third kappa shape index (κ3) is 4.36. The highest BCUT2D eigenvalue weighted by Gasteiger charge is 2.38. The fourth-order valence-corrected chi connectivity index (χ4v) is 6.00. The standard InChI is InChI=1S/C32H30F2N4O3/c1-5-28(39)36-16-21-17-41-27-14-20(29-23(33)10-8-11-24(29)34)13-26-30(27)31(37(21)15-19(36)4)35-32(40)38(26)25-12-7-6-9-22(25)18(2)3/h5-14,18-19,21H,1,15-17H2,2-4H3/t19-,21+/m1/s1. The minimum absolute atomic E-state index is 0.0899. The number of hydrogen-bond acceptors (Lipinski definition) is 5. The van der Waals surface area contributed by atoms with Gasteiger partial charge >= 0.3 is 5.69 Å². The van der Waals surface area contributed by atoms with Crippen LogP contribution in [0.5, 0.6) is 5.75 Å². The van der Waals surface area contributed by atoms with Crippen LogP contribution in [0.1, 0.15) is 32.3 Å². The van der Waals surface area contributed by atoms with E-state index in [4.69, 9.17) is 4.74 Å². The van der Waals surface area contributed by atoms with Crippen molar-refractivity contribution in [3.8, 4) is 22.6 Å². The molecule has 7 nitrogen and oxygen atoms in total. The van der Waals surface area contributed by atoms with Crippen LogP contribution in [0.15, 0.2) is 72.0 Å². The molecule has 1 aromatic heterocycles. The summed E-state index contributed by atoms with van der Waals surface area (Å²) in [6, 6.07) is 14.0. The number of amides is 1. The first-order valence-corrected chi connectivity index (χ1v) is 13.7. The second-order valence-corrected chi connectivity index (χ2v) is 10.9. The number of benzene rings is 3. The van der Waals surface area contributed by atoms with Gasteiger partial charge in [0.2, 0.25) is 5.91 Å². The number of anilines is 1. The molecule has 0 saturated carbocycles. The number of para-hydroxylation sites is 1. The predicted octanol–water partition coefficient (Wildman–Crippen LogP) is 5.44. The molecule has 9 heteroatoms. The molecule has 41 heavy (non-hydrogen) atoms. The summed E-state index contributed by atoms with van der Waals surface area (Å²) in [6.45, 7) is 10.6. The lowest BCUT2D eigenvalue weighted by atomic mass is 9.99. The van der Waals surface area contributed by atoms with Crippen LogP contribution in [0.2, 0.25) is 0 Å². The molecule has 6 rings (SSSR count). The minimum atomic E-state index is -0.722. The van der Waals surface area contributed by atoms with Crippen LogP contribution in [0.25, 0.3) is 27.7 Å². The lowest BCUT2D eigenvalue weighted by Crippen LogP contribution is -2.60. The molecular formula is C32H30F2N4O3. The first-order valence-electron chi connectivity index (χ1n) is 13.7. The fraction of sp³-hybridized carbons (Fsp3) is 0.281. The van der Waals surface area contributed by atoms with Gasteiger partial charge in [0.05, 0.1) is 28.2 Å². The molecule has 210 valence electrons. The predicted molar refractivity (Wildman–Crippen MR) is 155 cm³/mol. The highest BCUT2D eigenvalue weighted by molar-refractivity contribution is 5.99. The van der Waals surface area contributed by atoms with Gasteiger partial charge in [-0.15, -0.1) is 0 Å². The number of carbonyl (C=O) groups excluding carboxylic acids is 1. The maximum Gasteiger partial charge on any atom is 0.354 e. The Morgan fingerprint density at radius 1 is 1.10 bits per heavy atom. The topological polar surface area (TPSA) is 67.7 Å². The first-order chi connectivity index (χ1) is 19.7. The Balaban J connectivity index is 1.66. The molecular weight excluding hydrogens is 526 g/mol. The second-order valence-electron chi connectivity index (χ2n) is 10.9. The molecule has 1 fully saturated rings. The van der Waals surface area contributed by atoms with Gasteiger partial charge in [-0.1, -0.05) is 44.7 Å². The van der Waals surface area contributed by atoms with Crippen molar-refractivity contribution in [2.75, 3.05) is 24.6 Å². The van der Waals surface area contributed by atoms with E-state index in [9.17, 15) is 9.59 Å². The molecule has 2 aliphatic heterocycles. The lowest BCUT2D eigenvalue weighted by Gasteiger charge is -2.44. The molecule has 2 atom stereocenters. The van der Waals surface area contributed by atoms with Crippen LogP contribution >= 0.6 is 0 Å². The van der Waals surface area contributed by atoms with Crippen LogP contribution in [0.4, 0.5) is 14.6 Å². The van der Waals surface area contributed by atoms with E-state index in [0.29, 0.717) is 41.2 Å². The molecule has 3 heterocycles. The van der Waals surface area contributed by atoms with E-state index in [1.165, 1.54) is 28.8 Å². The molecule has 4 aromatic rings. The van der Waals surface area contributed by atoms with E-state index in [1.807, 2.05) is 49.9 Å². The van der Waals surface area contributed by atoms with Crippen molar-refractivity contribution >= 4 is 22.6 Å². The number of piperazine rings is 1. The maximum absolute atomic E-state index is 15.0. The summed E-state index contributed by atoms with van der Waals surface area (Å²) in [4.78, 5) is 34.9. The van der Waals surface area contributed by atoms with Crippen molar-refractivity contribution in [2.45, 2.75) is 38.8 Å². The van der Waals surface area contributed by atoms with Gasteiger partial charge in [0.25, 0.3) is 0 Å². The summed E-state index contributed by atoms with van der Waals surface area (Å²) in [5.74, 6) is -0.746. The Morgan fingerprint density at radius 2 is 1.83 bits per heavy atom. The zero-order valence-electron chi connectivity index (χ0n) is 23.1. The van der Waals surface area contributed by atoms with Crippen molar-refractivity contribution < 1.29 is 18.3 Å². The van der Waals surface area contributed by atoms with E-state index in [2.05, 4.69) is 11.6 Å². The fourth-order valence-electron chi connectivity index (χ4n) is 6.00. The van der Waals surface area contributed by atoms with Gasteiger partial charge in [-0.3, -0.25) is 9.36 Å². The monoisotopic (exact) mass is 556 g/mol. The number of fused-ring (bicyclic) bond motifs is 2. The average Bonchev–Trinajstić information content (AvgIpc) is 3.09. The molecule has 3 aromatic carbocycles. The normalized spacial score (nSPS) is 18.2. The van der Waals surface area contributed by atoms with Crippen LogP contribution in [-0.2, 0) is 4.79 Å². The number of halogens is 2. The molecule has 0 spiro atoms. The Bertz CT molecular complexity index is 1750. The van der Waals surface area contributed by atoms with Crippen molar-refractivity contribution in [1.29, 1.82) is 0 Å². The lowest BCUT2D eigenvalue weighted by molar-refractivity contribution is -0.129. The second kappa shape index (κ2) is 10.1. The van der Waals surface area contributed by atoms with Gasteiger partial charge in [0.15, 0.2) is 0 Å². The number of aromatic nitrogens is 2. The van der Waals surface area contributed by atoms with E-state index in [-0.39, 0.29) is 41.6 Å². The van der Waals surface area contributed by atoms with Gasteiger partial charge in [0, 0.05) is 19.1 Å². The first kappa shape index (κ1) is 26.7. The average molecular weight is 557 g/mol. The molecule has 1 amide bonds. The highest BCUT2D eigenvalue weighted by Crippen LogP contribution is 2.42. The largest absolute Gasteiger partial charge is 0.490 e. The molecule has 0 unspecified atom stereocenters. The number of hydrogen-bond donors (Lipinski definition) is 0. The molecule has 0 N–H and O–H groups in total. The number of ether oxygens (including phenoxy) is 1. The van der Waals surface area contributed by atoms with Crippen LogP contribution in [0.3, 0.4) is 0 Å². The third-order valence-corrected chi connectivity index (χ3v) is 7.99. The molecule has 0 aliphatic carbocycles. The zero-order chi connectivity index (χ0) is 29.0. The van der Waals surface area contributed by atoms with Gasteiger partial charge in [-0.25, -0.2) is 13.6 Å². The third-order valence-electron chi connectivity index (χ3n) is 7.99. The van der Waals surface area contributed by atoms with E-state index >= 15 is 8.78 Å². The summed E-state index contributed by atoms with van der Waals surface area (Å²) in [7, 11) is 0. The van der Waals surface area contributed by atoms with Gasteiger partial charge in [0.1, 0.15) is 29.8 Å². The van der Waals surface area contributed by atoms with Crippen LogP contribution in [0, 0.1) is 11.6 Å². The number of nitrogens with zero attached hydrogens (tertiary/aromatic N) is 4. The van der Waals surface area contributed by atoms with Crippen LogP contribution in [-0.4, -0.2) is 52.1 Å². The summed E-state index contributed by atoms with van der Waals surface area (Å²) in [6.07, 6.45) is 1.29. The van der Waals surface area contributed by atoms with Gasteiger partial charge in [-0.2, -0.15) is 4.98 Å². The molecule has 2 aliphatic rings. The summed E-state index contributed by atoms with van der Waals surface area (Å²) >= 11 is 0. The van der Waals surface area contributed by atoms with E-state index in [0.717, 1.165) is 5.56 Å². The SMILES string of the molecule is C=CC(=O)N1C[C@H]2COc3cc(-c4c(F)cccc4F)cc4c3c(nc(=O)n4-c3ccccc3C(C)C)N2C[C@H]1C. The Kier molecular flexibility index (Phi) is 6.60. The smallest absolute Gasteiger partial charge is 0.354 e. The minimum Gasteiger partial charge on any atom is -0.490 e. The Labute approximate surface area is 236 Å². The maximum atomic E-state index is 15.0.